The summed E-state index contributed by atoms with van der Waals surface area (Å²) >= 11 is 0. The molecule has 0 aliphatic heterocycles. The third kappa shape index (κ3) is 3.13. The number of hydrogen-bond donors (Lipinski definition) is 0. The van der Waals surface area contributed by atoms with Crippen molar-refractivity contribution in [1.82, 2.24) is 0 Å². The third-order valence-electron chi connectivity index (χ3n) is 1.50. The van der Waals surface area contributed by atoms with Crippen LogP contribution in [0.3, 0.4) is 0 Å². The Kier molecular flexibility index (Phi) is 5.02. The normalized spacial score (nSPS) is 20.6. The first-order valence-electron chi connectivity index (χ1n) is 3.00. The van der Waals surface area contributed by atoms with Gasteiger partial charge in [0.15, 0.2) is 0 Å². The van der Waals surface area contributed by atoms with Crippen molar-refractivity contribution in [2.24, 2.45) is 0 Å². The Hall–Kier alpha value is 0.519. The van der Waals surface area contributed by atoms with Gasteiger partial charge in [-0.1, -0.05) is 38.5 Å². The van der Waals surface area contributed by atoms with Crippen LogP contribution < -0.4 is 0 Å². The van der Waals surface area contributed by atoms with Crippen molar-refractivity contribution in [3.63, 3.8) is 0 Å². The van der Waals surface area contributed by atoms with Crippen molar-refractivity contribution < 1.29 is 17.1 Å². The van der Waals surface area contributed by atoms with Crippen molar-refractivity contribution in [3.8, 4) is 0 Å². The molecule has 1 aliphatic carbocycles. The zero-order valence-electron chi connectivity index (χ0n) is 4.60. The Bertz CT molecular complexity index is 19.7. The fraction of sp³-hybridized carbons (Fsp3) is 1.00. The molecule has 1 heteroatoms. The van der Waals surface area contributed by atoms with Crippen molar-refractivity contribution >= 4 is 0 Å². The SMILES string of the molecule is C1CCCCC1.[Fe]. The maximum absolute atomic E-state index is 1.50. The molecule has 0 N–H and O–H groups in total. The average molecular weight is 140 g/mol. The van der Waals surface area contributed by atoms with Gasteiger partial charge in [-0.3, -0.25) is 0 Å². The van der Waals surface area contributed by atoms with Gasteiger partial charge in [0, 0.05) is 17.1 Å². The summed E-state index contributed by atoms with van der Waals surface area (Å²) in [6.45, 7) is 0. The average Bonchev–Trinajstić information content (AvgIpc) is 1.72. The molecule has 0 aromatic carbocycles. The van der Waals surface area contributed by atoms with Crippen LogP contribution in [0.4, 0.5) is 0 Å². The molecular formula is C6H12Fe. The minimum atomic E-state index is 0. The van der Waals surface area contributed by atoms with E-state index in [0.29, 0.717) is 0 Å². The molecule has 0 bridgehead atoms. The topological polar surface area (TPSA) is 0 Å². The summed E-state index contributed by atoms with van der Waals surface area (Å²) in [5, 5.41) is 0. The van der Waals surface area contributed by atoms with Crippen molar-refractivity contribution in [3.05, 3.63) is 0 Å². The summed E-state index contributed by atoms with van der Waals surface area (Å²) in [6.07, 6.45) is 9.00. The van der Waals surface area contributed by atoms with Gasteiger partial charge in [0.25, 0.3) is 0 Å². The van der Waals surface area contributed by atoms with Gasteiger partial charge in [0.1, 0.15) is 0 Å². The molecule has 0 aromatic heterocycles. The zero-order chi connectivity index (χ0) is 4.24. The van der Waals surface area contributed by atoms with E-state index in [1.54, 1.807) is 0 Å². The third-order valence-corrected chi connectivity index (χ3v) is 1.50. The molecule has 1 fully saturated rings. The quantitative estimate of drug-likeness (QED) is 0.453. The van der Waals surface area contributed by atoms with Crippen LogP contribution in [0.15, 0.2) is 0 Å². The first-order chi connectivity index (χ1) is 3.00. The second-order valence-corrected chi connectivity index (χ2v) is 2.12. The number of hydrogen-bond acceptors (Lipinski definition) is 0. The van der Waals surface area contributed by atoms with Gasteiger partial charge < -0.3 is 0 Å². The Morgan fingerprint density at radius 1 is 0.429 bits per heavy atom. The van der Waals surface area contributed by atoms with Crippen LogP contribution in [0.25, 0.3) is 0 Å². The molecule has 0 amide bonds. The van der Waals surface area contributed by atoms with E-state index in [9.17, 15) is 0 Å². The molecule has 1 rings (SSSR count). The second kappa shape index (κ2) is 4.67. The van der Waals surface area contributed by atoms with E-state index in [1.807, 2.05) is 0 Å². The van der Waals surface area contributed by atoms with Gasteiger partial charge >= 0.3 is 0 Å². The molecule has 1 saturated carbocycles. The minimum absolute atomic E-state index is 0. The molecule has 0 radical (unpaired) electrons. The van der Waals surface area contributed by atoms with E-state index in [-0.39, 0.29) is 17.1 Å². The zero-order valence-corrected chi connectivity index (χ0v) is 5.70. The second-order valence-electron chi connectivity index (χ2n) is 2.12. The Balaban J connectivity index is 0.000000360. The van der Waals surface area contributed by atoms with E-state index in [2.05, 4.69) is 0 Å². The molecule has 0 spiro atoms. The van der Waals surface area contributed by atoms with Crippen LogP contribution in [0, 0.1) is 0 Å². The number of rotatable bonds is 0. The molecule has 44 valence electrons. The molecular weight excluding hydrogens is 128 g/mol. The summed E-state index contributed by atoms with van der Waals surface area (Å²) in [4.78, 5) is 0. The predicted molar refractivity (Wildman–Crippen MR) is 27.7 cm³/mol. The van der Waals surface area contributed by atoms with Gasteiger partial charge in [-0.2, -0.15) is 0 Å². The smallest absolute Gasteiger partial charge is 0 e. The van der Waals surface area contributed by atoms with Gasteiger partial charge in [-0.15, -0.1) is 0 Å². The first kappa shape index (κ1) is 7.52. The van der Waals surface area contributed by atoms with Gasteiger partial charge in [-0.05, 0) is 0 Å². The van der Waals surface area contributed by atoms with Crippen LogP contribution in [0.2, 0.25) is 0 Å². The molecule has 0 unspecified atom stereocenters. The summed E-state index contributed by atoms with van der Waals surface area (Å²) in [5.41, 5.74) is 0. The van der Waals surface area contributed by atoms with Crippen LogP contribution >= 0.6 is 0 Å². The summed E-state index contributed by atoms with van der Waals surface area (Å²) in [7, 11) is 0. The summed E-state index contributed by atoms with van der Waals surface area (Å²) in [6, 6.07) is 0. The van der Waals surface area contributed by atoms with Crippen LogP contribution in [-0.4, -0.2) is 0 Å². The van der Waals surface area contributed by atoms with E-state index >= 15 is 0 Å². The molecule has 0 saturated heterocycles. The van der Waals surface area contributed by atoms with E-state index in [1.165, 1.54) is 38.5 Å². The van der Waals surface area contributed by atoms with E-state index < -0.39 is 0 Å². The van der Waals surface area contributed by atoms with Crippen molar-refractivity contribution in [2.75, 3.05) is 0 Å². The molecule has 0 aromatic rings. The van der Waals surface area contributed by atoms with Gasteiger partial charge in [0.2, 0.25) is 0 Å². The fourth-order valence-electron chi connectivity index (χ4n) is 1.06. The monoisotopic (exact) mass is 140 g/mol. The fourth-order valence-corrected chi connectivity index (χ4v) is 1.06. The Morgan fingerprint density at radius 2 is 0.571 bits per heavy atom. The van der Waals surface area contributed by atoms with Crippen LogP contribution in [0.5, 0.6) is 0 Å². The maximum Gasteiger partial charge on any atom is 0 e. The van der Waals surface area contributed by atoms with Crippen LogP contribution in [0.1, 0.15) is 38.5 Å². The van der Waals surface area contributed by atoms with Crippen LogP contribution in [-0.2, 0) is 17.1 Å². The van der Waals surface area contributed by atoms with Crippen molar-refractivity contribution in [2.45, 2.75) is 38.5 Å². The molecule has 1 aliphatic rings. The molecule has 7 heavy (non-hydrogen) atoms. The predicted octanol–water partition coefficient (Wildman–Crippen LogP) is 2.34. The Labute approximate surface area is 56.2 Å². The standard InChI is InChI=1S/C6H12.Fe/c1-2-4-6-5-3-1;/h1-6H2;. The summed E-state index contributed by atoms with van der Waals surface area (Å²) in [5.74, 6) is 0. The van der Waals surface area contributed by atoms with E-state index in [4.69, 9.17) is 0 Å². The van der Waals surface area contributed by atoms with Gasteiger partial charge in [-0.25, -0.2) is 0 Å². The maximum atomic E-state index is 1.50. The minimum Gasteiger partial charge on any atom is -0.0533 e. The van der Waals surface area contributed by atoms with Crippen molar-refractivity contribution in [1.29, 1.82) is 0 Å². The molecule has 0 heterocycles. The van der Waals surface area contributed by atoms with Gasteiger partial charge in [0.05, 0.1) is 0 Å². The largest absolute Gasteiger partial charge is 0.0533 e. The molecule has 0 nitrogen and oxygen atoms in total. The Morgan fingerprint density at radius 3 is 0.714 bits per heavy atom. The molecule has 0 atom stereocenters. The first-order valence-corrected chi connectivity index (χ1v) is 3.00. The van der Waals surface area contributed by atoms with E-state index in [0.717, 1.165) is 0 Å². The summed E-state index contributed by atoms with van der Waals surface area (Å²) < 4.78 is 0.